The van der Waals surface area contributed by atoms with Crippen LogP contribution in [0.1, 0.15) is 19.1 Å². The Hall–Kier alpha value is -2.32. The fourth-order valence-corrected chi connectivity index (χ4v) is 3.07. The third-order valence-corrected chi connectivity index (χ3v) is 4.85. The first kappa shape index (κ1) is 17.5. The molecule has 0 aliphatic heterocycles. The molecule has 0 spiro atoms. The van der Waals surface area contributed by atoms with E-state index < -0.39 is 0 Å². The van der Waals surface area contributed by atoms with Crippen LogP contribution in [-0.4, -0.2) is 31.5 Å². The topological polar surface area (TPSA) is 96.7 Å². The van der Waals surface area contributed by atoms with Crippen LogP contribution in [0, 0.1) is 6.92 Å². The van der Waals surface area contributed by atoms with Crippen molar-refractivity contribution in [3.05, 3.63) is 41.1 Å². The number of amides is 1. The second-order valence-corrected chi connectivity index (χ2v) is 6.91. The summed E-state index contributed by atoms with van der Waals surface area (Å²) in [6, 6.07) is 8.95. The van der Waals surface area contributed by atoms with Crippen LogP contribution in [0.4, 0.5) is 5.82 Å². The second-order valence-electron chi connectivity index (χ2n) is 5.30. The molecule has 3 aromatic rings. The van der Waals surface area contributed by atoms with Gasteiger partial charge in [-0.2, -0.15) is 0 Å². The van der Waals surface area contributed by atoms with Gasteiger partial charge in [-0.25, -0.2) is 4.98 Å². The lowest BCUT2D eigenvalue weighted by Crippen LogP contribution is -2.24. The second kappa shape index (κ2) is 7.71. The molecule has 0 radical (unpaired) electrons. The predicted octanol–water partition coefficient (Wildman–Crippen LogP) is 3.93. The van der Waals surface area contributed by atoms with Gasteiger partial charge in [0.1, 0.15) is 5.76 Å². The average molecular weight is 378 g/mol. The van der Waals surface area contributed by atoms with Crippen molar-refractivity contribution in [3.63, 3.8) is 0 Å². The molecule has 0 saturated carbocycles. The lowest BCUT2D eigenvalue weighted by molar-refractivity contribution is -0.115. The van der Waals surface area contributed by atoms with E-state index in [1.165, 1.54) is 11.8 Å². The number of rotatable bonds is 6. The number of aromatic amines is 1. The molecule has 0 aliphatic carbocycles. The van der Waals surface area contributed by atoms with Crippen LogP contribution in [0.25, 0.3) is 11.4 Å². The zero-order chi connectivity index (χ0) is 17.8. The predicted molar refractivity (Wildman–Crippen MR) is 96.6 cm³/mol. The molecule has 9 heteroatoms. The van der Waals surface area contributed by atoms with Gasteiger partial charge in [-0.15, -0.1) is 5.10 Å². The van der Waals surface area contributed by atoms with Crippen LogP contribution in [-0.2, 0) is 4.79 Å². The number of aryl methyl sites for hydroxylation is 1. The summed E-state index contributed by atoms with van der Waals surface area (Å²) in [6.07, 6.45) is 0.623. The van der Waals surface area contributed by atoms with Gasteiger partial charge in [0.25, 0.3) is 0 Å². The van der Waals surface area contributed by atoms with E-state index in [1.807, 2.05) is 19.1 Å². The Bertz CT molecular complexity index is 862. The summed E-state index contributed by atoms with van der Waals surface area (Å²) in [4.78, 5) is 16.8. The normalized spacial score (nSPS) is 12.1. The molecule has 2 heterocycles. The van der Waals surface area contributed by atoms with E-state index in [1.54, 1.807) is 25.1 Å². The monoisotopic (exact) mass is 377 g/mol. The highest BCUT2D eigenvalue weighted by atomic mass is 35.5. The summed E-state index contributed by atoms with van der Waals surface area (Å²) >= 11 is 7.18. The number of anilines is 1. The minimum absolute atomic E-state index is 0.168. The molecule has 1 unspecified atom stereocenters. The molecule has 0 aliphatic rings. The van der Waals surface area contributed by atoms with Crippen molar-refractivity contribution in [1.82, 2.24) is 20.3 Å². The van der Waals surface area contributed by atoms with Crippen LogP contribution in [0.5, 0.6) is 0 Å². The third kappa shape index (κ3) is 4.40. The maximum absolute atomic E-state index is 12.4. The molecule has 1 aromatic carbocycles. The minimum atomic E-state index is -0.342. The molecule has 130 valence electrons. The number of carbonyl (C=O) groups excluding carboxylic acids is 1. The smallest absolute Gasteiger partial charge is 0.239 e. The van der Waals surface area contributed by atoms with E-state index in [-0.39, 0.29) is 11.2 Å². The maximum Gasteiger partial charge on any atom is 0.239 e. The van der Waals surface area contributed by atoms with Crippen molar-refractivity contribution in [2.75, 3.05) is 5.32 Å². The lowest BCUT2D eigenvalue weighted by Gasteiger charge is -2.10. The summed E-state index contributed by atoms with van der Waals surface area (Å²) in [5, 5.41) is 14.4. The average Bonchev–Trinajstić information content (AvgIpc) is 3.22. The summed E-state index contributed by atoms with van der Waals surface area (Å²) < 4.78 is 4.95. The number of H-pyrrole nitrogens is 1. The number of hydrogen-bond acceptors (Lipinski definition) is 6. The molecule has 2 aromatic heterocycles. The van der Waals surface area contributed by atoms with Gasteiger partial charge in [0.15, 0.2) is 11.6 Å². The Morgan fingerprint density at radius 2 is 2.16 bits per heavy atom. The van der Waals surface area contributed by atoms with Gasteiger partial charge < -0.3 is 9.84 Å². The molecular formula is C16H16ClN5O2S. The molecule has 25 heavy (non-hydrogen) atoms. The zero-order valence-electron chi connectivity index (χ0n) is 13.6. The molecule has 0 fully saturated rings. The van der Waals surface area contributed by atoms with E-state index in [0.717, 1.165) is 5.56 Å². The summed E-state index contributed by atoms with van der Waals surface area (Å²) in [7, 11) is 0. The summed E-state index contributed by atoms with van der Waals surface area (Å²) in [5.41, 5.74) is 0.874. The Morgan fingerprint density at radius 1 is 1.40 bits per heavy atom. The third-order valence-electron chi connectivity index (χ3n) is 3.37. The Kier molecular flexibility index (Phi) is 5.40. The van der Waals surface area contributed by atoms with Crippen LogP contribution in [0.3, 0.4) is 0 Å². The molecule has 3 rings (SSSR count). The maximum atomic E-state index is 12.4. The highest BCUT2D eigenvalue weighted by Crippen LogP contribution is 2.26. The van der Waals surface area contributed by atoms with Crippen molar-refractivity contribution < 1.29 is 9.32 Å². The number of hydrogen-bond donors (Lipinski definition) is 2. The molecule has 0 saturated heterocycles. The van der Waals surface area contributed by atoms with Gasteiger partial charge in [-0.05, 0) is 37.6 Å². The van der Waals surface area contributed by atoms with Crippen LogP contribution in [0.2, 0.25) is 5.02 Å². The molecule has 0 bridgehead atoms. The number of carbonyl (C=O) groups is 1. The first-order valence-corrected chi connectivity index (χ1v) is 8.90. The van der Waals surface area contributed by atoms with Gasteiger partial charge in [0.2, 0.25) is 11.1 Å². The van der Waals surface area contributed by atoms with Gasteiger partial charge in [-0.1, -0.05) is 35.4 Å². The van der Waals surface area contributed by atoms with Crippen molar-refractivity contribution in [2.24, 2.45) is 0 Å². The van der Waals surface area contributed by atoms with E-state index in [4.69, 9.17) is 16.1 Å². The summed E-state index contributed by atoms with van der Waals surface area (Å²) in [5.74, 6) is 1.50. The van der Waals surface area contributed by atoms with Gasteiger partial charge in [0, 0.05) is 16.7 Å². The first-order chi connectivity index (χ1) is 12.0. The molecule has 1 amide bonds. The number of thioether (sulfide) groups is 1. The standard InChI is InChI=1S/C16H16ClN5O2S/c1-3-12(15(23)18-13-8-9(2)24-22-13)25-16-19-14(20-21-16)10-4-6-11(17)7-5-10/h4-8,12H,3H2,1-2H3,(H,18,22,23)(H,19,20,21). The largest absolute Gasteiger partial charge is 0.360 e. The van der Waals surface area contributed by atoms with Gasteiger partial charge in [-0.3, -0.25) is 9.89 Å². The van der Waals surface area contributed by atoms with Gasteiger partial charge >= 0.3 is 0 Å². The Morgan fingerprint density at radius 3 is 2.80 bits per heavy atom. The van der Waals surface area contributed by atoms with Crippen LogP contribution < -0.4 is 5.32 Å². The highest BCUT2D eigenvalue weighted by molar-refractivity contribution is 8.00. The number of nitrogens with one attached hydrogen (secondary N) is 2. The van der Waals surface area contributed by atoms with E-state index in [9.17, 15) is 4.79 Å². The number of nitrogens with zero attached hydrogens (tertiary/aromatic N) is 3. The lowest BCUT2D eigenvalue weighted by atomic mass is 10.2. The fourth-order valence-electron chi connectivity index (χ4n) is 2.12. The number of benzene rings is 1. The first-order valence-electron chi connectivity index (χ1n) is 7.64. The van der Waals surface area contributed by atoms with E-state index >= 15 is 0 Å². The number of aromatic nitrogens is 4. The molecule has 1 atom stereocenters. The van der Waals surface area contributed by atoms with Crippen molar-refractivity contribution >= 4 is 35.1 Å². The highest BCUT2D eigenvalue weighted by Gasteiger charge is 2.21. The van der Waals surface area contributed by atoms with Crippen molar-refractivity contribution in [3.8, 4) is 11.4 Å². The van der Waals surface area contributed by atoms with Crippen molar-refractivity contribution in [1.29, 1.82) is 0 Å². The zero-order valence-corrected chi connectivity index (χ0v) is 15.2. The van der Waals surface area contributed by atoms with E-state index in [2.05, 4.69) is 25.7 Å². The Balaban J connectivity index is 1.67. The molecule has 7 nitrogen and oxygen atoms in total. The van der Waals surface area contributed by atoms with Crippen molar-refractivity contribution in [2.45, 2.75) is 30.7 Å². The fraction of sp³-hybridized carbons (Fsp3) is 0.250. The number of halogens is 1. The summed E-state index contributed by atoms with van der Waals surface area (Å²) in [6.45, 7) is 3.69. The van der Waals surface area contributed by atoms with Crippen LogP contribution in [0.15, 0.2) is 40.0 Å². The van der Waals surface area contributed by atoms with Crippen LogP contribution >= 0.6 is 23.4 Å². The Labute approximate surface area is 153 Å². The molecular weight excluding hydrogens is 362 g/mol. The van der Waals surface area contributed by atoms with Gasteiger partial charge in [0.05, 0.1) is 5.25 Å². The quantitative estimate of drug-likeness (QED) is 0.632. The molecule has 2 N–H and O–H groups in total. The minimum Gasteiger partial charge on any atom is -0.360 e. The van der Waals surface area contributed by atoms with E-state index in [0.29, 0.717) is 34.0 Å². The SMILES string of the molecule is CCC(Sc1n[nH]c(-c2ccc(Cl)cc2)n1)C(=O)Nc1cc(C)on1.